The minimum absolute atomic E-state index is 0.898. The van der Waals surface area contributed by atoms with Crippen LogP contribution in [0, 0.1) is 0 Å². The van der Waals surface area contributed by atoms with Gasteiger partial charge in [0.1, 0.15) is 12.7 Å². The fourth-order valence-corrected chi connectivity index (χ4v) is 2.46. The van der Waals surface area contributed by atoms with Gasteiger partial charge in [-0.1, -0.05) is 24.3 Å². The number of fused-ring (bicyclic) bond motifs is 2. The summed E-state index contributed by atoms with van der Waals surface area (Å²) in [5.74, 6) is 0. The van der Waals surface area contributed by atoms with Gasteiger partial charge < -0.3 is 4.55 Å². The summed E-state index contributed by atoms with van der Waals surface area (Å²) in [6.45, 7) is 0. The Labute approximate surface area is 152 Å². The first-order valence-electron chi connectivity index (χ1n) is 6.97. The second-order valence-electron chi connectivity index (χ2n) is 5.04. The molecule has 0 bridgehead atoms. The molecule has 0 unspecified atom stereocenters. The summed E-state index contributed by atoms with van der Waals surface area (Å²) in [5, 5.41) is 4.67. The number of thiocarbonyl (C=S) groups is 1. The van der Waals surface area contributed by atoms with Crippen LogP contribution in [0.2, 0.25) is 0 Å². The van der Waals surface area contributed by atoms with Crippen molar-refractivity contribution in [1.29, 1.82) is 0 Å². The van der Waals surface area contributed by atoms with E-state index < -0.39 is 15.6 Å². The number of pyridine rings is 1. The molecule has 1 heterocycles. The van der Waals surface area contributed by atoms with Gasteiger partial charge in [0, 0.05) is 12.1 Å². The number of halogens is 3. The predicted octanol–water partition coefficient (Wildman–Crippen LogP) is 3.60. The molecule has 5 nitrogen and oxygen atoms in total. The van der Waals surface area contributed by atoms with Crippen LogP contribution in [0.3, 0.4) is 0 Å². The third-order valence-electron chi connectivity index (χ3n) is 3.48. The van der Waals surface area contributed by atoms with Crippen LogP contribution in [0.15, 0.2) is 53.5 Å². The van der Waals surface area contributed by atoms with Crippen LogP contribution in [0.1, 0.15) is 0 Å². The molecular formula is C16H11F3N2O3S2. The third kappa shape index (κ3) is 4.05. The number of rotatable bonds is 1. The molecule has 0 saturated heterocycles. The fourth-order valence-electron chi connectivity index (χ4n) is 2.37. The van der Waals surface area contributed by atoms with Gasteiger partial charge in [-0.2, -0.15) is 22.7 Å². The zero-order valence-corrected chi connectivity index (χ0v) is 14.8. The molecule has 26 heavy (non-hydrogen) atoms. The lowest BCUT2D eigenvalue weighted by Crippen LogP contribution is -2.29. The van der Waals surface area contributed by atoms with E-state index in [0.717, 1.165) is 27.5 Å². The van der Waals surface area contributed by atoms with Crippen molar-refractivity contribution in [2.75, 3.05) is 0 Å². The van der Waals surface area contributed by atoms with Crippen LogP contribution < -0.4 is 4.57 Å². The highest BCUT2D eigenvalue weighted by Crippen LogP contribution is 2.31. The summed E-state index contributed by atoms with van der Waals surface area (Å²) in [7, 11) is -4.03. The van der Waals surface area contributed by atoms with Crippen LogP contribution in [0.5, 0.6) is 0 Å². The van der Waals surface area contributed by atoms with Crippen LogP contribution in [0.4, 0.5) is 18.9 Å². The highest BCUT2D eigenvalue weighted by Gasteiger charge is 2.36. The molecule has 0 spiro atoms. The first-order chi connectivity index (χ1) is 12.1. The maximum absolute atomic E-state index is 10.7. The summed E-state index contributed by atoms with van der Waals surface area (Å²) in [6, 6.07) is 16.4. The van der Waals surface area contributed by atoms with Crippen molar-refractivity contribution in [2.24, 2.45) is 12.0 Å². The van der Waals surface area contributed by atoms with E-state index in [4.69, 9.17) is 25.2 Å². The molecule has 0 aliphatic rings. The number of hydrogen-bond donors (Lipinski definition) is 0. The zero-order valence-electron chi connectivity index (χ0n) is 13.2. The number of alkyl halides is 3. The number of hydrogen-bond acceptors (Lipinski definition) is 5. The maximum Gasteiger partial charge on any atom is 0.485 e. The highest BCUT2D eigenvalue weighted by molar-refractivity contribution is 7.86. The molecule has 3 aromatic rings. The number of isothiocyanates is 1. The first kappa shape index (κ1) is 19.9. The Kier molecular flexibility index (Phi) is 5.72. The number of para-hydroxylation sites is 2. The standard InChI is InChI=1S/C15H11N2S.CHF3O3S/c1-17-13-8-4-2-6-11(13)15(16-10-18)12-7-3-5-9-14(12)17;2-1(3,4)8(5,6)7/h2-9H,1H3;(H,5,6,7)/q+1;/p-1. The van der Waals surface area contributed by atoms with Crippen LogP contribution in [-0.2, 0) is 17.2 Å². The summed E-state index contributed by atoms with van der Waals surface area (Å²) in [6.07, 6.45) is 0. The van der Waals surface area contributed by atoms with E-state index in [1.165, 1.54) is 0 Å². The first-order valence-corrected chi connectivity index (χ1v) is 8.79. The quantitative estimate of drug-likeness (QED) is 0.156. The molecule has 0 aliphatic carbocycles. The Hall–Kier alpha value is -2.39. The number of aryl methyl sites for hydroxylation is 1. The van der Waals surface area contributed by atoms with E-state index in [1.54, 1.807) is 0 Å². The molecule has 0 N–H and O–H groups in total. The Morgan fingerprint density at radius 2 is 1.42 bits per heavy atom. The highest BCUT2D eigenvalue weighted by atomic mass is 32.2. The lowest BCUT2D eigenvalue weighted by Gasteiger charge is -2.08. The van der Waals surface area contributed by atoms with E-state index in [9.17, 15) is 13.2 Å². The second-order valence-corrected chi connectivity index (χ2v) is 6.60. The normalized spacial score (nSPS) is 11.6. The average molecular weight is 400 g/mol. The van der Waals surface area contributed by atoms with Gasteiger partial charge in [-0.25, -0.2) is 8.42 Å². The van der Waals surface area contributed by atoms with Crippen LogP contribution >= 0.6 is 12.2 Å². The lowest BCUT2D eigenvalue weighted by molar-refractivity contribution is -0.617. The summed E-state index contributed by atoms with van der Waals surface area (Å²) in [5.41, 5.74) is -2.47. The van der Waals surface area contributed by atoms with Gasteiger partial charge in [0.05, 0.1) is 15.9 Å². The largest absolute Gasteiger partial charge is 0.741 e. The van der Waals surface area contributed by atoms with Crippen molar-refractivity contribution in [2.45, 2.75) is 5.51 Å². The van der Waals surface area contributed by atoms with Crippen LogP contribution in [-0.4, -0.2) is 23.6 Å². The van der Waals surface area contributed by atoms with Gasteiger partial charge >= 0.3 is 5.51 Å². The molecule has 10 heteroatoms. The molecule has 0 radical (unpaired) electrons. The maximum atomic E-state index is 10.7. The predicted molar refractivity (Wildman–Crippen MR) is 93.1 cm³/mol. The van der Waals surface area contributed by atoms with Gasteiger partial charge in [-0.3, -0.25) is 0 Å². The molecule has 1 aromatic heterocycles. The van der Waals surface area contributed by atoms with Crippen molar-refractivity contribution in [1.82, 2.24) is 0 Å². The molecule has 0 amide bonds. The van der Waals surface area contributed by atoms with Gasteiger partial charge in [0.25, 0.3) is 0 Å². The van der Waals surface area contributed by atoms with Crippen molar-refractivity contribution >= 4 is 55.0 Å². The monoisotopic (exact) mass is 400 g/mol. The van der Waals surface area contributed by atoms with Crippen molar-refractivity contribution in [3.05, 3.63) is 48.5 Å². The molecule has 0 fully saturated rings. The Bertz CT molecular complexity index is 1070. The SMILES string of the molecule is C[n+]1c2ccccc2c(N=C=S)c2ccccc21.O=S(=O)([O-])C(F)(F)F. The van der Waals surface area contributed by atoms with Crippen molar-refractivity contribution in [3.8, 4) is 0 Å². The fraction of sp³-hybridized carbons (Fsp3) is 0.125. The molecule has 0 saturated carbocycles. The smallest absolute Gasteiger partial charge is 0.485 e. The molecule has 0 atom stereocenters. The average Bonchev–Trinajstić information content (AvgIpc) is 2.57. The lowest BCUT2D eigenvalue weighted by atomic mass is 10.1. The Morgan fingerprint density at radius 1 is 1.04 bits per heavy atom. The van der Waals surface area contributed by atoms with Gasteiger partial charge in [-0.05, 0) is 24.4 Å². The van der Waals surface area contributed by atoms with E-state index in [2.05, 4.69) is 46.0 Å². The minimum atomic E-state index is -6.09. The molecular weight excluding hydrogens is 389 g/mol. The molecule has 3 rings (SSSR count). The number of aliphatic imine (C=N–C) groups is 1. The van der Waals surface area contributed by atoms with E-state index >= 15 is 0 Å². The Balaban J connectivity index is 0.000000260. The molecule has 136 valence electrons. The topological polar surface area (TPSA) is 73.4 Å². The van der Waals surface area contributed by atoms with E-state index in [-0.39, 0.29) is 0 Å². The van der Waals surface area contributed by atoms with Gasteiger partial charge in [-0.15, -0.1) is 0 Å². The van der Waals surface area contributed by atoms with Gasteiger partial charge in [0.15, 0.2) is 10.1 Å². The number of aromatic nitrogens is 1. The van der Waals surface area contributed by atoms with Crippen molar-refractivity contribution < 1.29 is 30.7 Å². The summed E-state index contributed by atoms with van der Waals surface area (Å²) >= 11 is 4.77. The van der Waals surface area contributed by atoms with E-state index in [0.29, 0.717) is 0 Å². The summed E-state index contributed by atoms with van der Waals surface area (Å²) < 4.78 is 61.1. The number of benzene rings is 2. The van der Waals surface area contributed by atoms with Crippen molar-refractivity contribution in [3.63, 3.8) is 0 Å². The van der Waals surface area contributed by atoms with Crippen LogP contribution in [0.25, 0.3) is 21.8 Å². The van der Waals surface area contributed by atoms with Gasteiger partial charge in [0.2, 0.25) is 11.0 Å². The Morgan fingerprint density at radius 3 is 1.77 bits per heavy atom. The zero-order chi connectivity index (χ0) is 19.5. The van der Waals surface area contributed by atoms with E-state index in [1.807, 2.05) is 24.3 Å². The summed E-state index contributed by atoms with van der Waals surface area (Å²) in [4.78, 5) is 4.26. The molecule has 0 aliphatic heterocycles. The third-order valence-corrected chi connectivity index (χ3v) is 4.14. The minimum Gasteiger partial charge on any atom is -0.741 e. The molecule has 2 aromatic carbocycles. The number of nitrogens with zero attached hydrogens (tertiary/aromatic N) is 2. The second kappa shape index (κ2) is 7.46.